The van der Waals surface area contributed by atoms with Crippen molar-refractivity contribution in [2.45, 2.75) is 25.7 Å². The molecule has 0 N–H and O–H groups in total. The third-order valence-electron chi connectivity index (χ3n) is 3.57. The molecule has 0 aliphatic rings. The predicted octanol–water partition coefficient (Wildman–Crippen LogP) is 4.01. The number of rotatable bonds is 5. The number of hydrogen-bond acceptors (Lipinski definition) is 4. The lowest BCUT2D eigenvalue weighted by atomic mass is 9.97. The molecule has 0 fully saturated rings. The molecule has 0 bridgehead atoms. The molecule has 0 amide bonds. The number of halogens is 1. The van der Waals surface area contributed by atoms with Crippen molar-refractivity contribution in [3.63, 3.8) is 0 Å². The Morgan fingerprint density at radius 3 is 2.64 bits per heavy atom. The van der Waals surface area contributed by atoms with Crippen molar-refractivity contribution in [3.8, 4) is 11.5 Å². The van der Waals surface area contributed by atoms with Gasteiger partial charge in [-0.25, -0.2) is 9.37 Å². The molecular formula is C17H16FN3O. The molecule has 4 nitrogen and oxygen atoms in total. The highest BCUT2D eigenvalue weighted by molar-refractivity contribution is 5.47. The summed E-state index contributed by atoms with van der Waals surface area (Å²) < 4.78 is 18.3. The van der Waals surface area contributed by atoms with Gasteiger partial charge in [0.15, 0.2) is 0 Å². The summed E-state index contributed by atoms with van der Waals surface area (Å²) in [5, 5.41) is 3.96. The van der Waals surface area contributed by atoms with Gasteiger partial charge < -0.3 is 4.52 Å². The molecule has 2 aromatic heterocycles. The van der Waals surface area contributed by atoms with Crippen LogP contribution in [0.2, 0.25) is 0 Å². The number of benzene rings is 1. The largest absolute Gasteiger partial charge is 0.339 e. The minimum absolute atomic E-state index is 0.157. The first kappa shape index (κ1) is 14.4. The van der Waals surface area contributed by atoms with Gasteiger partial charge in [0.25, 0.3) is 0 Å². The van der Waals surface area contributed by atoms with E-state index in [1.807, 2.05) is 18.2 Å². The lowest BCUT2D eigenvalue weighted by Crippen LogP contribution is -2.02. The van der Waals surface area contributed by atoms with E-state index in [2.05, 4.69) is 34.2 Å². The average Bonchev–Trinajstić information content (AvgIpc) is 3.04. The smallest absolute Gasteiger partial charge is 0.230 e. The second kappa shape index (κ2) is 6.47. The van der Waals surface area contributed by atoms with Gasteiger partial charge in [0.2, 0.25) is 11.7 Å². The number of nitrogens with zero attached hydrogens (tertiary/aromatic N) is 3. The zero-order valence-electron chi connectivity index (χ0n) is 12.2. The highest BCUT2D eigenvalue weighted by atomic mass is 19.1. The molecule has 5 heteroatoms. The Kier molecular flexibility index (Phi) is 4.23. The van der Waals surface area contributed by atoms with Crippen LogP contribution in [0.25, 0.3) is 11.5 Å². The van der Waals surface area contributed by atoms with Crippen LogP contribution in [-0.2, 0) is 6.42 Å². The van der Waals surface area contributed by atoms with E-state index in [1.54, 1.807) is 6.07 Å². The fourth-order valence-electron chi connectivity index (χ4n) is 2.32. The Bertz CT molecular complexity index is 725. The Hall–Kier alpha value is -2.56. The quantitative estimate of drug-likeness (QED) is 0.714. The lowest BCUT2D eigenvalue weighted by molar-refractivity contribution is 0.348. The van der Waals surface area contributed by atoms with Crippen molar-refractivity contribution in [1.29, 1.82) is 0 Å². The molecule has 1 aromatic carbocycles. The molecule has 2 heterocycles. The summed E-state index contributed by atoms with van der Waals surface area (Å²) in [6.07, 6.45) is 2.88. The van der Waals surface area contributed by atoms with Crippen LogP contribution in [0.5, 0.6) is 0 Å². The minimum Gasteiger partial charge on any atom is -0.339 e. The van der Waals surface area contributed by atoms with E-state index in [-0.39, 0.29) is 11.7 Å². The van der Waals surface area contributed by atoms with Crippen molar-refractivity contribution in [3.05, 3.63) is 65.9 Å². The van der Waals surface area contributed by atoms with E-state index in [0.29, 0.717) is 17.4 Å². The van der Waals surface area contributed by atoms with Gasteiger partial charge in [-0.15, -0.1) is 0 Å². The van der Waals surface area contributed by atoms with Crippen LogP contribution in [0.3, 0.4) is 0 Å². The van der Waals surface area contributed by atoms with Crippen LogP contribution >= 0.6 is 0 Å². The maximum absolute atomic E-state index is 12.9. The minimum atomic E-state index is -0.386. The summed E-state index contributed by atoms with van der Waals surface area (Å²) in [5.41, 5.74) is 1.74. The highest BCUT2D eigenvalue weighted by Gasteiger charge is 2.19. The normalized spacial score (nSPS) is 12.3. The Balaban J connectivity index is 1.80. The van der Waals surface area contributed by atoms with Gasteiger partial charge in [-0.3, -0.25) is 0 Å². The maximum atomic E-state index is 12.9. The van der Waals surface area contributed by atoms with Crippen LogP contribution in [0, 0.1) is 5.82 Å². The lowest BCUT2D eigenvalue weighted by Gasteiger charge is -2.09. The molecule has 3 rings (SSSR count). The van der Waals surface area contributed by atoms with E-state index in [9.17, 15) is 4.39 Å². The van der Waals surface area contributed by atoms with Crippen molar-refractivity contribution < 1.29 is 8.91 Å². The van der Waals surface area contributed by atoms with Crippen molar-refractivity contribution in [2.75, 3.05) is 0 Å². The summed E-state index contributed by atoms with van der Waals surface area (Å²) in [6.45, 7) is 2.09. The van der Waals surface area contributed by atoms with Gasteiger partial charge >= 0.3 is 0 Å². The highest BCUT2D eigenvalue weighted by Crippen LogP contribution is 2.24. The van der Waals surface area contributed by atoms with Gasteiger partial charge in [0, 0.05) is 5.92 Å². The summed E-state index contributed by atoms with van der Waals surface area (Å²) in [5.74, 6) is 0.751. The zero-order valence-corrected chi connectivity index (χ0v) is 12.2. The molecule has 1 atom stereocenters. The predicted molar refractivity (Wildman–Crippen MR) is 80.7 cm³/mol. The van der Waals surface area contributed by atoms with E-state index < -0.39 is 0 Å². The van der Waals surface area contributed by atoms with Crippen molar-refractivity contribution >= 4 is 0 Å². The van der Waals surface area contributed by atoms with E-state index >= 15 is 0 Å². The first-order chi connectivity index (χ1) is 10.8. The summed E-state index contributed by atoms with van der Waals surface area (Å²) in [6, 6.07) is 13.1. The molecule has 0 aliphatic heterocycles. The molecule has 0 spiro atoms. The second-order valence-corrected chi connectivity index (χ2v) is 5.11. The Morgan fingerprint density at radius 2 is 1.95 bits per heavy atom. The third kappa shape index (κ3) is 3.19. The molecule has 22 heavy (non-hydrogen) atoms. The molecule has 0 aliphatic carbocycles. The van der Waals surface area contributed by atoms with Crippen LogP contribution in [0.1, 0.15) is 30.7 Å². The van der Waals surface area contributed by atoms with E-state index in [0.717, 1.165) is 19.0 Å². The van der Waals surface area contributed by atoms with Gasteiger partial charge in [-0.05, 0) is 30.5 Å². The van der Waals surface area contributed by atoms with Crippen LogP contribution in [0.15, 0.2) is 53.2 Å². The average molecular weight is 297 g/mol. The number of pyridine rings is 1. The van der Waals surface area contributed by atoms with Crippen molar-refractivity contribution in [2.24, 2.45) is 0 Å². The molecule has 0 radical (unpaired) electrons. The SMILES string of the molecule is CCC(Cc1ccccc1)c1nc(-c2ccc(F)cn2)no1. The number of hydrogen-bond donors (Lipinski definition) is 0. The van der Waals surface area contributed by atoms with Crippen LogP contribution in [0.4, 0.5) is 4.39 Å². The molecule has 3 aromatic rings. The fraction of sp³-hybridized carbons (Fsp3) is 0.235. The Labute approximate surface area is 128 Å². The summed E-state index contributed by atoms with van der Waals surface area (Å²) in [7, 11) is 0. The topological polar surface area (TPSA) is 51.8 Å². The van der Waals surface area contributed by atoms with Gasteiger partial charge in [-0.1, -0.05) is 42.4 Å². The number of aromatic nitrogens is 3. The van der Waals surface area contributed by atoms with E-state index in [1.165, 1.54) is 11.6 Å². The fourth-order valence-corrected chi connectivity index (χ4v) is 2.32. The monoisotopic (exact) mass is 297 g/mol. The maximum Gasteiger partial charge on any atom is 0.230 e. The second-order valence-electron chi connectivity index (χ2n) is 5.11. The summed E-state index contributed by atoms with van der Waals surface area (Å²) in [4.78, 5) is 8.39. The van der Waals surface area contributed by atoms with Gasteiger partial charge in [0.05, 0.1) is 6.20 Å². The molecule has 0 saturated carbocycles. The first-order valence-corrected chi connectivity index (χ1v) is 7.25. The summed E-state index contributed by atoms with van der Waals surface area (Å²) >= 11 is 0. The standard InChI is InChI=1S/C17H16FN3O/c1-2-13(10-12-6-4-3-5-7-12)17-20-16(21-22-17)15-9-8-14(18)11-19-15/h3-9,11,13H,2,10H2,1H3. The van der Waals surface area contributed by atoms with E-state index in [4.69, 9.17) is 4.52 Å². The molecule has 1 unspecified atom stereocenters. The molecule has 0 saturated heterocycles. The van der Waals surface area contributed by atoms with Gasteiger partial charge in [0.1, 0.15) is 11.5 Å². The Morgan fingerprint density at radius 1 is 1.14 bits per heavy atom. The first-order valence-electron chi connectivity index (χ1n) is 7.25. The van der Waals surface area contributed by atoms with Crippen LogP contribution in [-0.4, -0.2) is 15.1 Å². The van der Waals surface area contributed by atoms with Crippen molar-refractivity contribution in [1.82, 2.24) is 15.1 Å². The van der Waals surface area contributed by atoms with Crippen LogP contribution < -0.4 is 0 Å². The third-order valence-corrected chi connectivity index (χ3v) is 3.57. The molecular weight excluding hydrogens is 281 g/mol. The zero-order chi connectivity index (χ0) is 15.4. The van der Waals surface area contributed by atoms with Gasteiger partial charge in [-0.2, -0.15) is 4.98 Å². The molecule has 112 valence electrons.